The molecule has 0 saturated carbocycles. The van der Waals surface area contributed by atoms with Crippen LogP contribution in [0.4, 0.5) is 4.79 Å². The summed E-state index contributed by atoms with van der Waals surface area (Å²) < 4.78 is 5.05. The normalized spacial score (nSPS) is 10.7. The van der Waals surface area contributed by atoms with Crippen molar-refractivity contribution in [3.05, 3.63) is 0 Å². The summed E-state index contributed by atoms with van der Waals surface area (Å²) in [7, 11) is 1.76. The minimum absolute atomic E-state index is 0.236. The highest BCUT2D eigenvalue weighted by Gasteiger charge is 2.08. The number of ether oxygens (including phenoxy) is 1. The lowest BCUT2D eigenvalue weighted by Crippen LogP contribution is -2.29. The average Bonchev–Trinajstić information content (AvgIpc) is 2.42. The second kappa shape index (κ2) is 13.2. The molecule has 0 aliphatic heterocycles. The van der Waals surface area contributed by atoms with E-state index in [1.54, 1.807) is 18.2 Å². The molecule has 0 saturated heterocycles. The van der Waals surface area contributed by atoms with Crippen LogP contribution in [0.15, 0.2) is 5.16 Å². The van der Waals surface area contributed by atoms with Gasteiger partial charge in [-0.15, -0.1) is 0 Å². The van der Waals surface area contributed by atoms with Gasteiger partial charge in [0.25, 0.3) is 0 Å². The molecule has 0 aliphatic rings. The van der Waals surface area contributed by atoms with Crippen molar-refractivity contribution in [2.45, 2.75) is 52.4 Å². The second-order valence-corrected chi connectivity index (χ2v) is 4.48. The number of carbonyl (C=O) groups excluding carboxylic acids is 1. The molecule has 112 valence electrons. The van der Waals surface area contributed by atoms with Gasteiger partial charge in [-0.1, -0.05) is 44.7 Å². The topological polar surface area (TPSA) is 51.1 Å². The highest BCUT2D eigenvalue weighted by atomic mass is 16.6. The molecule has 0 fully saturated rings. The molecule has 0 atom stereocenters. The molecule has 19 heavy (non-hydrogen) atoms. The molecule has 0 unspecified atom stereocenters. The van der Waals surface area contributed by atoms with E-state index in [4.69, 9.17) is 9.57 Å². The first kappa shape index (κ1) is 17.7. The zero-order chi connectivity index (χ0) is 14.3. The standard InChI is InChI=1S/C14H28N2O3/c1-4-6-7-8-9-11-16(3)14(17)18-12-13-19-15-10-5-2/h10H,4-9,11-13H2,1-3H3. The fourth-order valence-corrected chi connectivity index (χ4v) is 1.50. The third kappa shape index (κ3) is 11.6. The Balaban J connectivity index is 3.45. The van der Waals surface area contributed by atoms with Crippen LogP contribution in [0, 0.1) is 0 Å². The monoisotopic (exact) mass is 272 g/mol. The summed E-state index contributed by atoms with van der Waals surface area (Å²) in [5.41, 5.74) is 0. The summed E-state index contributed by atoms with van der Waals surface area (Å²) in [4.78, 5) is 18.1. The predicted octanol–water partition coefficient (Wildman–Crippen LogP) is 3.44. The molecule has 5 nitrogen and oxygen atoms in total. The minimum Gasteiger partial charge on any atom is -0.446 e. The van der Waals surface area contributed by atoms with Gasteiger partial charge in [0.1, 0.15) is 6.61 Å². The van der Waals surface area contributed by atoms with E-state index in [2.05, 4.69) is 12.1 Å². The van der Waals surface area contributed by atoms with Crippen LogP contribution in [-0.2, 0) is 9.57 Å². The number of nitrogens with zero attached hydrogens (tertiary/aromatic N) is 2. The maximum atomic E-state index is 11.6. The van der Waals surface area contributed by atoms with Crippen LogP contribution in [0.2, 0.25) is 0 Å². The van der Waals surface area contributed by atoms with Crippen molar-refractivity contribution < 1.29 is 14.4 Å². The summed E-state index contributed by atoms with van der Waals surface area (Å²) in [6, 6.07) is 0. The Morgan fingerprint density at radius 1 is 1.16 bits per heavy atom. The molecule has 0 N–H and O–H groups in total. The van der Waals surface area contributed by atoms with E-state index in [1.165, 1.54) is 25.7 Å². The first-order chi connectivity index (χ1) is 9.22. The van der Waals surface area contributed by atoms with Gasteiger partial charge in [-0.25, -0.2) is 4.79 Å². The van der Waals surface area contributed by atoms with Crippen LogP contribution in [0.1, 0.15) is 52.4 Å². The van der Waals surface area contributed by atoms with Crippen LogP contribution in [0.3, 0.4) is 0 Å². The quantitative estimate of drug-likeness (QED) is 0.329. The van der Waals surface area contributed by atoms with Gasteiger partial charge in [0.15, 0.2) is 6.61 Å². The summed E-state index contributed by atoms with van der Waals surface area (Å²) in [5, 5.41) is 3.68. The van der Waals surface area contributed by atoms with Crippen molar-refractivity contribution in [3.63, 3.8) is 0 Å². The Bertz CT molecular complexity index is 245. The third-order valence-electron chi connectivity index (χ3n) is 2.64. The molecule has 0 spiro atoms. The van der Waals surface area contributed by atoms with Crippen molar-refractivity contribution in [1.29, 1.82) is 0 Å². The highest BCUT2D eigenvalue weighted by Crippen LogP contribution is 2.03. The lowest BCUT2D eigenvalue weighted by molar-refractivity contribution is 0.0615. The molecule has 5 heteroatoms. The Morgan fingerprint density at radius 2 is 1.89 bits per heavy atom. The molecule has 1 amide bonds. The lowest BCUT2D eigenvalue weighted by atomic mass is 10.1. The van der Waals surface area contributed by atoms with E-state index in [9.17, 15) is 4.79 Å². The van der Waals surface area contributed by atoms with Gasteiger partial charge < -0.3 is 14.5 Å². The van der Waals surface area contributed by atoms with E-state index in [0.29, 0.717) is 6.61 Å². The molecule has 0 aromatic rings. The first-order valence-electron chi connectivity index (χ1n) is 7.24. The fourth-order valence-electron chi connectivity index (χ4n) is 1.50. The van der Waals surface area contributed by atoms with Crippen molar-refractivity contribution in [1.82, 2.24) is 4.90 Å². The zero-order valence-corrected chi connectivity index (χ0v) is 12.6. The molecule has 0 aliphatic carbocycles. The van der Waals surface area contributed by atoms with Crippen LogP contribution >= 0.6 is 0 Å². The zero-order valence-electron chi connectivity index (χ0n) is 12.6. The molecule has 0 heterocycles. The van der Waals surface area contributed by atoms with Crippen LogP contribution in [-0.4, -0.2) is 44.0 Å². The lowest BCUT2D eigenvalue weighted by Gasteiger charge is -2.16. The predicted molar refractivity (Wildman–Crippen MR) is 77.5 cm³/mol. The SMILES string of the molecule is CCC=NOCCOC(=O)N(C)CCCCCCC. The van der Waals surface area contributed by atoms with Crippen LogP contribution in [0.5, 0.6) is 0 Å². The smallest absolute Gasteiger partial charge is 0.409 e. The van der Waals surface area contributed by atoms with Gasteiger partial charge in [0.2, 0.25) is 0 Å². The molecule has 0 radical (unpaired) electrons. The van der Waals surface area contributed by atoms with Gasteiger partial charge >= 0.3 is 6.09 Å². The van der Waals surface area contributed by atoms with E-state index in [0.717, 1.165) is 19.4 Å². The van der Waals surface area contributed by atoms with Gasteiger partial charge in [-0.05, 0) is 12.8 Å². The van der Waals surface area contributed by atoms with Gasteiger partial charge in [0.05, 0.1) is 0 Å². The maximum Gasteiger partial charge on any atom is 0.409 e. The maximum absolute atomic E-state index is 11.6. The number of rotatable bonds is 11. The largest absolute Gasteiger partial charge is 0.446 e. The van der Waals surface area contributed by atoms with E-state index >= 15 is 0 Å². The van der Waals surface area contributed by atoms with E-state index in [1.807, 2.05) is 6.92 Å². The van der Waals surface area contributed by atoms with Crippen LogP contribution < -0.4 is 0 Å². The third-order valence-corrected chi connectivity index (χ3v) is 2.64. The van der Waals surface area contributed by atoms with Crippen molar-refractivity contribution in [2.75, 3.05) is 26.8 Å². The number of carbonyl (C=O) groups is 1. The van der Waals surface area contributed by atoms with E-state index in [-0.39, 0.29) is 12.7 Å². The molecular weight excluding hydrogens is 244 g/mol. The number of amides is 1. The Labute approximate surface area is 116 Å². The fraction of sp³-hybridized carbons (Fsp3) is 0.857. The Morgan fingerprint density at radius 3 is 2.58 bits per heavy atom. The average molecular weight is 272 g/mol. The van der Waals surface area contributed by atoms with Crippen molar-refractivity contribution in [2.24, 2.45) is 5.16 Å². The van der Waals surface area contributed by atoms with Gasteiger partial charge in [-0.3, -0.25) is 0 Å². The second-order valence-electron chi connectivity index (χ2n) is 4.48. The molecular formula is C14H28N2O3. The Kier molecular flexibility index (Phi) is 12.3. The summed E-state index contributed by atoms with van der Waals surface area (Å²) in [5.74, 6) is 0. The number of hydrogen-bond acceptors (Lipinski definition) is 4. The molecule has 0 aromatic heterocycles. The summed E-state index contributed by atoms with van der Waals surface area (Å²) in [6.07, 6.45) is 8.15. The van der Waals surface area contributed by atoms with Crippen LogP contribution in [0.25, 0.3) is 0 Å². The highest BCUT2D eigenvalue weighted by molar-refractivity contribution is 5.67. The first-order valence-corrected chi connectivity index (χ1v) is 7.24. The number of oxime groups is 1. The van der Waals surface area contributed by atoms with Gasteiger partial charge in [-0.2, -0.15) is 0 Å². The molecule has 0 aromatic carbocycles. The summed E-state index contributed by atoms with van der Waals surface area (Å²) in [6.45, 7) is 5.45. The van der Waals surface area contributed by atoms with Gasteiger partial charge in [0, 0.05) is 19.8 Å². The summed E-state index contributed by atoms with van der Waals surface area (Å²) >= 11 is 0. The van der Waals surface area contributed by atoms with Crippen molar-refractivity contribution in [3.8, 4) is 0 Å². The molecule has 0 rings (SSSR count). The Hall–Kier alpha value is -1.26. The van der Waals surface area contributed by atoms with Crippen molar-refractivity contribution >= 4 is 12.3 Å². The number of unbranched alkanes of at least 4 members (excludes halogenated alkanes) is 4. The minimum atomic E-state index is -0.293. The van der Waals surface area contributed by atoms with E-state index < -0.39 is 0 Å². The number of hydrogen-bond donors (Lipinski definition) is 0. The molecule has 0 bridgehead atoms.